The molecular formula is C24H23N7O. The first-order valence-electron chi connectivity index (χ1n) is 10.9. The lowest BCUT2D eigenvalue weighted by molar-refractivity contribution is -0.117. The van der Waals surface area contributed by atoms with Crippen molar-refractivity contribution in [1.29, 1.82) is 0 Å². The Kier molecular flexibility index (Phi) is 4.21. The maximum atomic E-state index is 13.3. The van der Waals surface area contributed by atoms with Crippen LogP contribution in [0.25, 0.3) is 16.9 Å². The van der Waals surface area contributed by atoms with Gasteiger partial charge in [-0.2, -0.15) is 5.10 Å². The lowest BCUT2D eigenvalue weighted by Crippen LogP contribution is -2.43. The van der Waals surface area contributed by atoms with E-state index in [1.807, 2.05) is 55.6 Å². The lowest BCUT2D eigenvalue weighted by Gasteiger charge is -2.28. The quantitative estimate of drug-likeness (QED) is 0.540. The first-order valence-corrected chi connectivity index (χ1v) is 10.9. The van der Waals surface area contributed by atoms with E-state index in [-0.39, 0.29) is 11.9 Å². The summed E-state index contributed by atoms with van der Waals surface area (Å²) >= 11 is 0. The van der Waals surface area contributed by atoms with Gasteiger partial charge >= 0.3 is 0 Å². The van der Waals surface area contributed by atoms with Crippen LogP contribution in [0.3, 0.4) is 0 Å². The molecule has 0 radical (unpaired) electrons. The summed E-state index contributed by atoms with van der Waals surface area (Å²) in [5.74, 6) is 2.48. The number of piperidine rings is 1. The van der Waals surface area contributed by atoms with E-state index in [4.69, 9.17) is 0 Å². The molecule has 1 amide bonds. The molecule has 0 spiro atoms. The molecule has 160 valence electrons. The van der Waals surface area contributed by atoms with E-state index in [0.29, 0.717) is 23.7 Å². The Morgan fingerprint density at radius 3 is 2.94 bits per heavy atom. The maximum absolute atomic E-state index is 13.3. The second-order valence-corrected chi connectivity index (χ2v) is 8.73. The van der Waals surface area contributed by atoms with Crippen molar-refractivity contribution in [1.82, 2.24) is 24.8 Å². The SMILES string of the molecule is Cc1ccc(NC(=O)[C@H]2C[C@H]3[C@@H](C)[C@H]3N2c2cccnn2)cc1-c1ncc2cccn2n1. The molecule has 1 saturated heterocycles. The minimum absolute atomic E-state index is 0.0216. The minimum Gasteiger partial charge on any atom is -0.340 e. The van der Waals surface area contributed by atoms with E-state index in [0.717, 1.165) is 34.6 Å². The number of aromatic nitrogens is 5. The molecule has 1 saturated carbocycles. The first-order chi connectivity index (χ1) is 15.6. The zero-order valence-corrected chi connectivity index (χ0v) is 17.9. The van der Waals surface area contributed by atoms with Crippen molar-refractivity contribution in [3.8, 4) is 11.4 Å². The topological polar surface area (TPSA) is 88.3 Å². The molecule has 1 aromatic carbocycles. The maximum Gasteiger partial charge on any atom is 0.247 e. The second-order valence-electron chi connectivity index (χ2n) is 8.73. The van der Waals surface area contributed by atoms with E-state index >= 15 is 0 Å². The van der Waals surface area contributed by atoms with E-state index in [1.165, 1.54) is 0 Å². The largest absolute Gasteiger partial charge is 0.340 e. The zero-order chi connectivity index (χ0) is 21.8. The van der Waals surface area contributed by atoms with Crippen LogP contribution in [-0.4, -0.2) is 42.8 Å². The minimum atomic E-state index is -0.255. The first kappa shape index (κ1) is 18.9. The summed E-state index contributed by atoms with van der Waals surface area (Å²) in [5.41, 5.74) is 3.62. The Bertz CT molecular complexity index is 1320. The van der Waals surface area contributed by atoms with Crippen molar-refractivity contribution in [2.75, 3.05) is 10.2 Å². The van der Waals surface area contributed by atoms with Gasteiger partial charge < -0.3 is 10.2 Å². The Labute approximate surface area is 185 Å². The number of benzene rings is 1. The molecule has 32 heavy (non-hydrogen) atoms. The average molecular weight is 425 g/mol. The van der Waals surface area contributed by atoms with Crippen LogP contribution < -0.4 is 10.2 Å². The molecule has 0 bridgehead atoms. The zero-order valence-electron chi connectivity index (χ0n) is 17.9. The summed E-state index contributed by atoms with van der Waals surface area (Å²) in [6.45, 7) is 4.26. The summed E-state index contributed by atoms with van der Waals surface area (Å²) in [5, 5.41) is 16.0. The van der Waals surface area contributed by atoms with E-state index < -0.39 is 0 Å². The highest BCUT2D eigenvalue weighted by Crippen LogP contribution is 2.54. The summed E-state index contributed by atoms with van der Waals surface area (Å²) in [4.78, 5) is 20.0. The Morgan fingerprint density at radius 1 is 1.19 bits per heavy atom. The van der Waals surface area contributed by atoms with Gasteiger partial charge in [-0.05, 0) is 67.1 Å². The van der Waals surface area contributed by atoms with Crippen molar-refractivity contribution in [2.45, 2.75) is 32.4 Å². The highest BCUT2D eigenvalue weighted by molar-refractivity contribution is 5.98. The van der Waals surface area contributed by atoms with Crippen molar-refractivity contribution in [2.24, 2.45) is 11.8 Å². The summed E-state index contributed by atoms with van der Waals surface area (Å²) in [6.07, 6.45) is 6.19. The third-order valence-electron chi connectivity index (χ3n) is 6.82. The van der Waals surface area contributed by atoms with Gasteiger partial charge in [0.1, 0.15) is 6.04 Å². The fourth-order valence-electron chi connectivity index (χ4n) is 5.02. The molecule has 0 unspecified atom stereocenters. The number of anilines is 2. The molecule has 8 nitrogen and oxygen atoms in total. The van der Waals surface area contributed by atoms with Crippen LogP contribution in [-0.2, 0) is 4.79 Å². The van der Waals surface area contributed by atoms with Crippen LogP contribution >= 0.6 is 0 Å². The fraction of sp³-hybridized carbons (Fsp3) is 0.292. The number of aryl methyl sites for hydroxylation is 1. The Morgan fingerprint density at radius 2 is 2.09 bits per heavy atom. The standard InChI is InChI=1S/C24H23N7O/c1-14-7-8-16(11-18(14)23-25-13-17-5-4-10-30(17)29-23)27-24(32)20-12-19-15(2)22(19)31(20)21-6-3-9-26-28-21/h3-11,13,15,19-20,22H,12H2,1-2H3,(H,27,32)/t15-,19+,20-,22-/m1/s1. The number of carbonyl (C=O) groups is 1. The van der Waals surface area contributed by atoms with Gasteiger partial charge in [0, 0.05) is 29.7 Å². The third-order valence-corrected chi connectivity index (χ3v) is 6.82. The van der Waals surface area contributed by atoms with E-state index in [9.17, 15) is 4.79 Å². The molecular weight excluding hydrogens is 402 g/mol. The van der Waals surface area contributed by atoms with Crippen LogP contribution in [0.5, 0.6) is 0 Å². The van der Waals surface area contributed by atoms with Gasteiger partial charge in [0.25, 0.3) is 0 Å². The van der Waals surface area contributed by atoms with Crippen LogP contribution in [0.15, 0.2) is 61.1 Å². The van der Waals surface area contributed by atoms with Gasteiger partial charge in [-0.25, -0.2) is 9.50 Å². The summed E-state index contributed by atoms with van der Waals surface area (Å²) < 4.78 is 1.80. The number of fused-ring (bicyclic) bond motifs is 2. The number of nitrogens with one attached hydrogen (secondary N) is 1. The van der Waals surface area contributed by atoms with E-state index in [2.05, 4.69) is 37.4 Å². The molecule has 8 heteroatoms. The third kappa shape index (κ3) is 3.02. The Balaban J connectivity index is 1.27. The van der Waals surface area contributed by atoms with Crippen LogP contribution in [0.1, 0.15) is 18.9 Å². The molecule has 6 rings (SSSR count). The van der Waals surface area contributed by atoms with Crippen molar-refractivity contribution in [3.63, 3.8) is 0 Å². The molecule has 4 aromatic rings. The van der Waals surface area contributed by atoms with Gasteiger partial charge in [-0.1, -0.05) is 13.0 Å². The van der Waals surface area contributed by atoms with Crippen LogP contribution in [0.4, 0.5) is 11.5 Å². The molecule has 4 heterocycles. The number of nitrogens with zero attached hydrogens (tertiary/aromatic N) is 6. The molecule has 2 fully saturated rings. The fourth-order valence-corrected chi connectivity index (χ4v) is 5.02. The molecule has 1 aliphatic carbocycles. The van der Waals surface area contributed by atoms with Crippen molar-refractivity contribution >= 4 is 22.9 Å². The number of amides is 1. The van der Waals surface area contributed by atoms with Gasteiger partial charge in [0.2, 0.25) is 5.91 Å². The van der Waals surface area contributed by atoms with Crippen molar-refractivity contribution < 1.29 is 4.79 Å². The van der Waals surface area contributed by atoms with Crippen molar-refractivity contribution in [3.05, 3.63) is 66.6 Å². The molecule has 2 aliphatic rings. The average Bonchev–Trinajstić information content (AvgIpc) is 3.17. The van der Waals surface area contributed by atoms with Gasteiger partial charge in [0.15, 0.2) is 11.6 Å². The molecule has 1 N–H and O–H groups in total. The Hall–Kier alpha value is -3.81. The van der Waals surface area contributed by atoms with Gasteiger partial charge in [-0.15, -0.1) is 10.2 Å². The number of hydrogen-bond acceptors (Lipinski definition) is 6. The number of hydrogen-bond donors (Lipinski definition) is 1. The summed E-state index contributed by atoms with van der Waals surface area (Å²) in [6, 6.07) is 13.7. The molecule has 1 aliphatic heterocycles. The molecule has 3 aromatic heterocycles. The normalized spacial score (nSPS) is 23.9. The highest BCUT2D eigenvalue weighted by Gasteiger charge is 2.60. The predicted octanol–water partition coefficient (Wildman–Crippen LogP) is 3.35. The van der Waals surface area contributed by atoms with Crippen LogP contribution in [0.2, 0.25) is 0 Å². The lowest BCUT2D eigenvalue weighted by atomic mass is 10.1. The highest BCUT2D eigenvalue weighted by atomic mass is 16.2. The van der Waals surface area contributed by atoms with Crippen LogP contribution in [0, 0.1) is 18.8 Å². The number of rotatable bonds is 4. The smallest absolute Gasteiger partial charge is 0.247 e. The monoisotopic (exact) mass is 425 g/mol. The summed E-state index contributed by atoms with van der Waals surface area (Å²) in [7, 11) is 0. The predicted molar refractivity (Wildman–Crippen MR) is 121 cm³/mol. The van der Waals surface area contributed by atoms with Gasteiger partial charge in [-0.3, -0.25) is 4.79 Å². The van der Waals surface area contributed by atoms with Gasteiger partial charge in [0.05, 0.1) is 11.7 Å². The van der Waals surface area contributed by atoms with E-state index in [1.54, 1.807) is 16.9 Å². The second kappa shape index (κ2) is 7.12. The molecule has 4 atom stereocenters. The number of carbonyl (C=O) groups excluding carboxylic acids is 1.